The van der Waals surface area contributed by atoms with E-state index in [0.717, 1.165) is 21.9 Å². The zero-order valence-corrected chi connectivity index (χ0v) is 10.1. The van der Waals surface area contributed by atoms with Gasteiger partial charge in [0.15, 0.2) is 0 Å². The number of nitrogens with zero attached hydrogens (tertiary/aromatic N) is 1. The smallest absolute Gasteiger partial charge is 0.312 e. The molecule has 96 valence electrons. The lowest BCUT2D eigenvalue weighted by atomic mass is 9.97. The highest BCUT2D eigenvalue weighted by atomic mass is 16.4. The van der Waals surface area contributed by atoms with Crippen molar-refractivity contribution < 1.29 is 9.90 Å². The van der Waals surface area contributed by atoms with Gasteiger partial charge in [-0.05, 0) is 29.8 Å². The number of pyridine rings is 1. The van der Waals surface area contributed by atoms with Crippen LogP contribution in [0.2, 0.25) is 0 Å². The number of aromatic amines is 1. The van der Waals surface area contributed by atoms with Crippen molar-refractivity contribution in [1.82, 2.24) is 9.97 Å². The van der Waals surface area contributed by atoms with Crippen LogP contribution in [-0.2, 0) is 4.79 Å². The largest absolute Gasteiger partial charge is 0.481 e. The van der Waals surface area contributed by atoms with Crippen LogP contribution >= 0.6 is 0 Å². The number of aromatic nitrogens is 2. The minimum absolute atomic E-state index is 0.0848. The molecule has 0 aliphatic rings. The van der Waals surface area contributed by atoms with E-state index in [1.54, 1.807) is 12.3 Å². The highest BCUT2D eigenvalue weighted by Crippen LogP contribution is 2.27. The number of fused-ring (bicyclic) bond motifs is 3. The molecule has 0 saturated carbocycles. The van der Waals surface area contributed by atoms with E-state index in [1.165, 1.54) is 0 Å². The van der Waals surface area contributed by atoms with Gasteiger partial charge in [0.1, 0.15) is 5.65 Å². The third kappa shape index (κ3) is 1.84. The minimum Gasteiger partial charge on any atom is -0.481 e. The topological polar surface area (TPSA) is 92.0 Å². The normalized spacial score (nSPS) is 12.9. The molecule has 0 fully saturated rings. The van der Waals surface area contributed by atoms with Gasteiger partial charge >= 0.3 is 5.97 Å². The third-order valence-corrected chi connectivity index (χ3v) is 3.33. The summed E-state index contributed by atoms with van der Waals surface area (Å²) in [6.07, 6.45) is 1.72. The number of nitrogens with one attached hydrogen (secondary N) is 1. The summed E-state index contributed by atoms with van der Waals surface area (Å²) >= 11 is 0. The first-order valence-corrected chi connectivity index (χ1v) is 6.00. The molecule has 0 spiro atoms. The van der Waals surface area contributed by atoms with Gasteiger partial charge in [-0.15, -0.1) is 0 Å². The Kier molecular flexibility index (Phi) is 2.68. The first-order chi connectivity index (χ1) is 9.20. The molecule has 0 bridgehead atoms. The Morgan fingerprint density at radius 1 is 1.37 bits per heavy atom. The number of nitrogens with two attached hydrogens (primary N) is 1. The molecule has 0 radical (unpaired) electrons. The third-order valence-electron chi connectivity index (χ3n) is 3.33. The summed E-state index contributed by atoms with van der Waals surface area (Å²) in [6.45, 7) is 0.0848. The lowest BCUT2D eigenvalue weighted by Crippen LogP contribution is -2.20. The number of carboxylic acid groups (broad SMARTS) is 1. The van der Waals surface area contributed by atoms with Gasteiger partial charge in [-0.3, -0.25) is 4.79 Å². The number of hydrogen-bond acceptors (Lipinski definition) is 3. The number of hydrogen-bond donors (Lipinski definition) is 3. The van der Waals surface area contributed by atoms with Crippen molar-refractivity contribution >= 4 is 27.9 Å². The molecule has 1 atom stereocenters. The van der Waals surface area contributed by atoms with Crippen molar-refractivity contribution in [2.75, 3.05) is 6.54 Å². The number of H-pyrrole nitrogens is 1. The fraction of sp³-hybridized carbons (Fsp3) is 0.143. The van der Waals surface area contributed by atoms with Crippen LogP contribution < -0.4 is 5.73 Å². The van der Waals surface area contributed by atoms with Crippen LogP contribution in [0.4, 0.5) is 0 Å². The predicted molar refractivity (Wildman–Crippen MR) is 73.0 cm³/mol. The van der Waals surface area contributed by atoms with Crippen molar-refractivity contribution in [3.8, 4) is 0 Å². The van der Waals surface area contributed by atoms with Crippen LogP contribution in [0.1, 0.15) is 11.5 Å². The number of benzene rings is 1. The predicted octanol–water partition coefficient (Wildman–Crippen LogP) is 1.84. The Morgan fingerprint density at radius 2 is 2.21 bits per heavy atom. The maximum Gasteiger partial charge on any atom is 0.312 e. The van der Waals surface area contributed by atoms with E-state index in [9.17, 15) is 4.79 Å². The average molecular weight is 255 g/mol. The quantitative estimate of drug-likeness (QED) is 0.666. The summed E-state index contributed by atoms with van der Waals surface area (Å²) in [5, 5.41) is 11.1. The molecule has 2 aromatic heterocycles. The molecule has 5 heteroatoms. The van der Waals surface area contributed by atoms with Crippen molar-refractivity contribution in [1.29, 1.82) is 0 Å². The van der Waals surface area contributed by atoms with E-state index < -0.39 is 11.9 Å². The Hall–Kier alpha value is -2.40. The van der Waals surface area contributed by atoms with Gasteiger partial charge in [0.2, 0.25) is 0 Å². The summed E-state index contributed by atoms with van der Waals surface area (Å²) in [6, 6.07) is 9.37. The van der Waals surface area contributed by atoms with Crippen LogP contribution in [0.25, 0.3) is 21.9 Å². The molecule has 0 aliphatic carbocycles. The lowest BCUT2D eigenvalue weighted by molar-refractivity contribution is -0.138. The highest BCUT2D eigenvalue weighted by molar-refractivity contribution is 6.06. The summed E-state index contributed by atoms with van der Waals surface area (Å²) in [5.74, 6) is -1.58. The molecule has 4 N–H and O–H groups in total. The molecule has 5 nitrogen and oxygen atoms in total. The van der Waals surface area contributed by atoms with Crippen molar-refractivity contribution in [3.63, 3.8) is 0 Å². The molecule has 2 heterocycles. The van der Waals surface area contributed by atoms with Crippen molar-refractivity contribution in [2.45, 2.75) is 5.92 Å². The first kappa shape index (κ1) is 11.7. The van der Waals surface area contributed by atoms with Crippen LogP contribution in [0.15, 0.2) is 36.5 Å². The number of aliphatic carboxylic acids is 1. The van der Waals surface area contributed by atoms with Gasteiger partial charge in [-0.25, -0.2) is 4.98 Å². The maximum atomic E-state index is 11.2. The molecule has 0 amide bonds. The van der Waals surface area contributed by atoms with Crippen LogP contribution in [0, 0.1) is 0 Å². The van der Waals surface area contributed by atoms with Gasteiger partial charge in [-0.1, -0.05) is 6.07 Å². The van der Waals surface area contributed by atoms with Crippen LogP contribution in [0.5, 0.6) is 0 Å². The first-order valence-electron chi connectivity index (χ1n) is 6.00. The molecule has 0 saturated heterocycles. The molecule has 0 aliphatic heterocycles. The molecule has 3 rings (SSSR count). The number of carboxylic acids is 1. The van der Waals surface area contributed by atoms with E-state index in [4.69, 9.17) is 10.8 Å². The summed E-state index contributed by atoms with van der Waals surface area (Å²) in [7, 11) is 0. The molecule has 19 heavy (non-hydrogen) atoms. The summed E-state index contributed by atoms with van der Waals surface area (Å²) < 4.78 is 0. The van der Waals surface area contributed by atoms with Crippen molar-refractivity contribution in [3.05, 3.63) is 42.1 Å². The highest BCUT2D eigenvalue weighted by Gasteiger charge is 2.18. The molecule has 3 aromatic rings. The average Bonchev–Trinajstić information content (AvgIpc) is 2.77. The number of rotatable bonds is 3. The second-order valence-electron chi connectivity index (χ2n) is 4.46. The van der Waals surface area contributed by atoms with E-state index in [2.05, 4.69) is 9.97 Å². The lowest BCUT2D eigenvalue weighted by Gasteiger charge is -2.09. The Labute approximate surface area is 109 Å². The SMILES string of the molecule is NCC(C(=O)O)c1ccc2[nH]c3ncccc3c2c1. The minimum atomic E-state index is -0.903. The molecular formula is C14H13N3O2. The molecular weight excluding hydrogens is 242 g/mol. The molecule has 1 aromatic carbocycles. The van der Waals surface area contributed by atoms with Crippen LogP contribution in [0.3, 0.4) is 0 Å². The standard InChI is InChI=1S/C14H13N3O2/c15-7-11(14(18)19)8-3-4-12-10(6-8)9-2-1-5-16-13(9)17-12/h1-6,11H,7,15H2,(H,16,17)(H,18,19). The van der Waals surface area contributed by atoms with E-state index in [1.807, 2.05) is 24.3 Å². The Balaban J connectivity index is 2.24. The summed E-state index contributed by atoms with van der Waals surface area (Å²) in [4.78, 5) is 18.6. The van der Waals surface area contributed by atoms with Gasteiger partial charge in [0.05, 0.1) is 5.92 Å². The Morgan fingerprint density at radius 3 is 2.95 bits per heavy atom. The second kappa shape index (κ2) is 4.37. The van der Waals surface area contributed by atoms with Gasteiger partial charge in [0.25, 0.3) is 0 Å². The monoisotopic (exact) mass is 255 g/mol. The second-order valence-corrected chi connectivity index (χ2v) is 4.46. The zero-order chi connectivity index (χ0) is 13.4. The summed E-state index contributed by atoms with van der Waals surface area (Å²) in [5.41, 5.74) is 8.00. The Bertz CT molecular complexity index is 764. The van der Waals surface area contributed by atoms with Crippen LogP contribution in [-0.4, -0.2) is 27.6 Å². The van der Waals surface area contributed by atoms with Gasteiger partial charge in [-0.2, -0.15) is 0 Å². The maximum absolute atomic E-state index is 11.2. The van der Waals surface area contributed by atoms with E-state index in [-0.39, 0.29) is 6.54 Å². The van der Waals surface area contributed by atoms with E-state index >= 15 is 0 Å². The van der Waals surface area contributed by atoms with Crippen molar-refractivity contribution in [2.24, 2.45) is 5.73 Å². The van der Waals surface area contributed by atoms with E-state index in [0.29, 0.717) is 5.56 Å². The van der Waals surface area contributed by atoms with Gasteiger partial charge in [0, 0.05) is 29.0 Å². The van der Waals surface area contributed by atoms with Gasteiger partial charge < -0.3 is 15.8 Å². The molecule has 1 unspecified atom stereocenters. The fourth-order valence-electron chi connectivity index (χ4n) is 2.34. The fourth-order valence-corrected chi connectivity index (χ4v) is 2.34. The zero-order valence-electron chi connectivity index (χ0n) is 10.1. The number of carbonyl (C=O) groups is 1.